The number of rotatable bonds is 4. The molecule has 0 atom stereocenters. The van der Waals surface area contributed by atoms with Crippen molar-refractivity contribution in [2.45, 2.75) is 62.1 Å². The second-order valence-electron chi connectivity index (χ2n) is 8.23. The zero-order chi connectivity index (χ0) is 21.1. The molecule has 3 aliphatic carbocycles. The number of nitrogens with zero attached hydrogens (tertiary/aromatic N) is 1. The molecule has 8 nitrogen and oxygen atoms in total. The number of fused-ring (bicyclic) bond motifs is 2. The van der Waals surface area contributed by atoms with Crippen LogP contribution in [0.5, 0.6) is 0 Å². The molecule has 1 fully saturated rings. The summed E-state index contributed by atoms with van der Waals surface area (Å²) in [5.74, 6) is 0. The molecule has 0 unspecified atom stereocenters. The quantitative estimate of drug-likeness (QED) is 0.687. The average molecular weight is 427 g/mol. The number of aliphatic hydroxyl groups is 1. The summed E-state index contributed by atoms with van der Waals surface area (Å²) in [6.45, 7) is 0. The number of furan rings is 1. The van der Waals surface area contributed by atoms with Gasteiger partial charge in [-0.05, 0) is 73.6 Å². The molecule has 0 aliphatic heterocycles. The number of hydrogen-bond acceptors (Lipinski definition) is 6. The van der Waals surface area contributed by atoms with Crippen molar-refractivity contribution in [1.29, 1.82) is 5.26 Å². The molecule has 0 spiro atoms. The van der Waals surface area contributed by atoms with E-state index < -0.39 is 26.7 Å². The maximum absolute atomic E-state index is 12.6. The Morgan fingerprint density at radius 1 is 1.10 bits per heavy atom. The van der Waals surface area contributed by atoms with E-state index in [0.717, 1.165) is 66.3 Å². The van der Waals surface area contributed by atoms with Gasteiger partial charge in [-0.25, -0.2) is 9.52 Å². The average Bonchev–Trinajstić information content (AvgIpc) is 3.19. The number of carbonyl (C=O) groups excluding carboxylic acids is 1. The van der Waals surface area contributed by atoms with Gasteiger partial charge < -0.3 is 14.8 Å². The third-order valence-electron chi connectivity index (χ3n) is 6.32. The molecule has 1 heterocycles. The van der Waals surface area contributed by atoms with Crippen molar-refractivity contribution < 1.29 is 22.7 Å². The standard InChI is InChI=1S/C21H21N3O5S/c22-10-17-13-3-1-5-15(13)19(16-6-2-4-14(16)17)23-20(25)24-30(27,28)18-9-12(11-29-18)21(26)7-8-21/h9,11,26H,1-8H2,(H2,23,24,25). The van der Waals surface area contributed by atoms with Crippen LogP contribution < -0.4 is 10.0 Å². The van der Waals surface area contributed by atoms with Gasteiger partial charge in [0.15, 0.2) is 0 Å². The van der Waals surface area contributed by atoms with E-state index >= 15 is 0 Å². The molecule has 156 valence electrons. The highest BCUT2D eigenvalue weighted by Crippen LogP contribution is 2.46. The highest BCUT2D eigenvalue weighted by molar-refractivity contribution is 7.89. The zero-order valence-corrected chi connectivity index (χ0v) is 17.1. The van der Waals surface area contributed by atoms with E-state index in [1.807, 2.05) is 4.72 Å². The fourth-order valence-electron chi connectivity index (χ4n) is 4.66. The van der Waals surface area contributed by atoms with Crippen LogP contribution in [0.1, 0.15) is 59.1 Å². The lowest BCUT2D eigenvalue weighted by molar-refractivity contribution is 0.150. The van der Waals surface area contributed by atoms with Gasteiger partial charge in [-0.2, -0.15) is 13.7 Å². The molecular formula is C21H21N3O5S. The van der Waals surface area contributed by atoms with Crippen molar-refractivity contribution in [2.24, 2.45) is 0 Å². The lowest BCUT2D eigenvalue weighted by Gasteiger charge is -2.18. The van der Waals surface area contributed by atoms with Crippen LogP contribution in [0.4, 0.5) is 10.5 Å². The molecule has 3 aliphatic rings. The van der Waals surface area contributed by atoms with E-state index in [0.29, 0.717) is 24.1 Å². The Kier molecular flexibility index (Phi) is 4.21. The Bertz CT molecular complexity index is 1180. The largest absolute Gasteiger partial charge is 0.451 e. The Morgan fingerprint density at radius 3 is 2.27 bits per heavy atom. The number of hydrogen-bond donors (Lipinski definition) is 3. The summed E-state index contributed by atoms with van der Waals surface area (Å²) in [6.07, 6.45) is 7.19. The minimum absolute atomic E-state index is 0.394. The van der Waals surface area contributed by atoms with Crippen LogP contribution >= 0.6 is 0 Å². The topological polar surface area (TPSA) is 132 Å². The van der Waals surface area contributed by atoms with Crippen LogP contribution in [-0.4, -0.2) is 19.6 Å². The van der Waals surface area contributed by atoms with Crippen LogP contribution in [-0.2, 0) is 41.3 Å². The summed E-state index contributed by atoms with van der Waals surface area (Å²) in [6, 6.07) is 2.71. The molecular weight excluding hydrogens is 406 g/mol. The Balaban J connectivity index is 1.41. The minimum atomic E-state index is -4.22. The molecule has 1 saturated carbocycles. The van der Waals surface area contributed by atoms with E-state index in [1.54, 1.807) is 0 Å². The van der Waals surface area contributed by atoms with Gasteiger partial charge in [-0.3, -0.25) is 0 Å². The Morgan fingerprint density at radius 2 is 1.70 bits per heavy atom. The van der Waals surface area contributed by atoms with Gasteiger partial charge >= 0.3 is 6.03 Å². The molecule has 1 aromatic carbocycles. The minimum Gasteiger partial charge on any atom is -0.451 e. The fourth-order valence-corrected chi connectivity index (χ4v) is 5.51. The molecule has 0 saturated heterocycles. The first-order chi connectivity index (χ1) is 14.3. The Hall–Kier alpha value is -2.83. The molecule has 3 N–H and O–H groups in total. The van der Waals surface area contributed by atoms with Gasteiger partial charge in [0.2, 0.25) is 5.09 Å². The van der Waals surface area contributed by atoms with E-state index in [1.165, 1.54) is 12.3 Å². The number of nitriles is 1. The summed E-state index contributed by atoms with van der Waals surface area (Å²) >= 11 is 0. The van der Waals surface area contributed by atoms with Gasteiger partial charge in [0.05, 0.1) is 23.5 Å². The van der Waals surface area contributed by atoms with E-state index in [4.69, 9.17) is 4.42 Å². The molecule has 2 amide bonds. The van der Waals surface area contributed by atoms with Gasteiger partial charge in [0.25, 0.3) is 10.0 Å². The maximum Gasteiger partial charge on any atom is 0.333 e. The summed E-state index contributed by atoms with van der Waals surface area (Å²) < 4.78 is 32.2. The monoisotopic (exact) mass is 427 g/mol. The molecule has 2 aromatic rings. The van der Waals surface area contributed by atoms with Crippen molar-refractivity contribution in [2.75, 3.05) is 5.32 Å². The molecule has 9 heteroatoms. The Labute approximate surface area is 173 Å². The number of sulfonamides is 1. The number of urea groups is 1. The third kappa shape index (κ3) is 2.99. The lowest BCUT2D eigenvalue weighted by Crippen LogP contribution is -2.34. The van der Waals surface area contributed by atoms with E-state index in [9.17, 15) is 23.6 Å². The maximum atomic E-state index is 12.6. The summed E-state index contributed by atoms with van der Waals surface area (Å²) in [5, 5.41) is 22.1. The van der Waals surface area contributed by atoms with Crippen LogP contribution in [0.25, 0.3) is 0 Å². The van der Waals surface area contributed by atoms with Crippen molar-refractivity contribution in [3.63, 3.8) is 0 Å². The van der Waals surface area contributed by atoms with Crippen molar-refractivity contribution >= 4 is 21.7 Å². The molecule has 1 aromatic heterocycles. The second-order valence-corrected chi connectivity index (χ2v) is 9.84. The van der Waals surface area contributed by atoms with Crippen LogP contribution in [0.15, 0.2) is 21.8 Å². The number of benzene rings is 1. The highest BCUT2D eigenvalue weighted by atomic mass is 32.2. The molecule has 0 radical (unpaired) electrons. The van der Waals surface area contributed by atoms with Crippen molar-refractivity contribution in [3.05, 3.63) is 45.7 Å². The normalized spacial score (nSPS) is 18.4. The summed E-state index contributed by atoms with van der Waals surface area (Å²) in [5.41, 5.74) is 4.58. The zero-order valence-electron chi connectivity index (χ0n) is 16.2. The van der Waals surface area contributed by atoms with Crippen molar-refractivity contribution in [3.8, 4) is 6.07 Å². The first kappa shape index (κ1) is 19.2. The third-order valence-corrected chi connectivity index (χ3v) is 7.52. The number of carbonyl (C=O) groups is 1. The van der Waals surface area contributed by atoms with E-state index in [2.05, 4.69) is 11.4 Å². The molecule has 0 bridgehead atoms. The molecule has 5 rings (SSSR count). The van der Waals surface area contributed by atoms with Gasteiger partial charge in [-0.1, -0.05) is 0 Å². The summed E-state index contributed by atoms with van der Waals surface area (Å²) in [4.78, 5) is 12.6. The van der Waals surface area contributed by atoms with Crippen LogP contribution in [0.3, 0.4) is 0 Å². The predicted molar refractivity (Wildman–Crippen MR) is 106 cm³/mol. The van der Waals surface area contributed by atoms with E-state index in [-0.39, 0.29) is 0 Å². The van der Waals surface area contributed by atoms with Crippen LogP contribution in [0.2, 0.25) is 0 Å². The first-order valence-electron chi connectivity index (χ1n) is 10.1. The van der Waals surface area contributed by atoms with Crippen LogP contribution in [0, 0.1) is 11.3 Å². The number of nitrogens with one attached hydrogen (secondary N) is 2. The van der Waals surface area contributed by atoms with Gasteiger partial charge in [0, 0.05) is 17.3 Å². The number of amides is 2. The van der Waals surface area contributed by atoms with Gasteiger partial charge in [-0.15, -0.1) is 0 Å². The SMILES string of the molecule is N#Cc1c2c(c(NC(=O)NS(=O)(=O)c3cc(C4(O)CC4)co3)c3c1CCC3)CCC2. The highest BCUT2D eigenvalue weighted by Gasteiger charge is 2.44. The van der Waals surface area contributed by atoms with Crippen molar-refractivity contribution in [1.82, 2.24) is 4.72 Å². The predicted octanol–water partition coefficient (Wildman–Crippen LogP) is 2.62. The smallest absolute Gasteiger partial charge is 0.333 e. The number of anilines is 1. The lowest BCUT2D eigenvalue weighted by atomic mass is 9.93. The molecule has 30 heavy (non-hydrogen) atoms. The fraction of sp³-hybridized carbons (Fsp3) is 0.429. The van der Waals surface area contributed by atoms with Gasteiger partial charge in [0.1, 0.15) is 0 Å². The second kappa shape index (κ2) is 6.59. The summed E-state index contributed by atoms with van der Waals surface area (Å²) in [7, 11) is -4.22. The first-order valence-corrected chi connectivity index (χ1v) is 11.6.